The van der Waals surface area contributed by atoms with Crippen LogP contribution in [-0.4, -0.2) is 22.9 Å². The van der Waals surface area contributed by atoms with E-state index in [2.05, 4.69) is 5.32 Å². The summed E-state index contributed by atoms with van der Waals surface area (Å²) in [5.41, 5.74) is 0.734. The van der Waals surface area contributed by atoms with Gasteiger partial charge in [-0.25, -0.2) is 0 Å². The van der Waals surface area contributed by atoms with Crippen LogP contribution in [-0.2, 0) is 6.54 Å². The van der Waals surface area contributed by atoms with Crippen LogP contribution < -0.4 is 5.32 Å². The molecule has 0 aliphatic heterocycles. The fraction of sp³-hybridized carbons (Fsp3) is 0.400. The third-order valence-corrected chi connectivity index (χ3v) is 2.13. The Hall–Kier alpha value is -0.770. The van der Waals surface area contributed by atoms with Gasteiger partial charge in [0.05, 0.1) is 11.1 Å². The summed E-state index contributed by atoms with van der Waals surface area (Å²) >= 11 is 5.73. The number of aliphatic hydroxyl groups is 1. The number of nitrogens with one attached hydrogen (secondary N) is 1. The van der Waals surface area contributed by atoms with E-state index in [9.17, 15) is 5.11 Å². The fourth-order valence-electron chi connectivity index (χ4n) is 1.12. The van der Waals surface area contributed by atoms with E-state index in [1.54, 1.807) is 25.1 Å². The summed E-state index contributed by atoms with van der Waals surface area (Å²) in [6.45, 7) is 2.69. The van der Waals surface area contributed by atoms with Crippen molar-refractivity contribution in [2.75, 3.05) is 6.54 Å². The molecule has 0 aliphatic rings. The van der Waals surface area contributed by atoms with Gasteiger partial charge in [-0.1, -0.05) is 23.7 Å². The maximum absolute atomic E-state index is 9.53. The summed E-state index contributed by atoms with van der Waals surface area (Å²) < 4.78 is 0. The first kappa shape index (κ1) is 11.3. The molecule has 0 amide bonds. The Morgan fingerprint density at radius 3 is 2.86 bits per heavy atom. The number of aromatic hydroxyl groups is 1. The van der Waals surface area contributed by atoms with Gasteiger partial charge in [-0.2, -0.15) is 0 Å². The summed E-state index contributed by atoms with van der Waals surface area (Å²) in [5, 5.41) is 21.9. The van der Waals surface area contributed by atoms with Crippen molar-refractivity contribution in [3.63, 3.8) is 0 Å². The number of hydrogen-bond donors (Lipinski definition) is 3. The molecule has 0 bridgehead atoms. The second-order valence-corrected chi connectivity index (χ2v) is 3.63. The first-order valence-corrected chi connectivity index (χ1v) is 4.84. The van der Waals surface area contributed by atoms with E-state index in [4.69, 9.17) is 16.7 Å². The van der Waals surface area contributed by atoms with Crippen LogP contribution in [0.3, 0.4) is 0 Å². The predicted molar refractivity (Wildman–Crippen MR) is 56.5 cm³/mol. The van der Waals surface area contributed by atoms with Gasteiger partial charge in [-0.3, -0.25) is 0 Å². The van der Waals surface area contributed by atoms with Gasteiger partial charge in [-0.05, 0) is 13.0 Å². The van der Waals surface area contributed by atoms with Crippen molar-refractivity contribution in [3.05, 3.63) is 28.8 Å². The molecular weight excluding hydrogens is 202 g/mol. The monoisotopic (exact) mass is 215 g/mol. The number of benzene rings is 1. The van der Waals surface area contributed by atoms with Crippen molar-refractivity contribution < 1.29 is 10.2 Å². The van der Waals surface area contributed by atoms with Gasteiger partial charge in [0.1, 0.15) is 5.75 Å². The lowest BCUT2D eigenvalue weighted by Crippen LogP contribution is -2.23. The van der Waals surface area contributed by atoms with Crippen LogP contribution in [0.2, 0.25) is 5.02 Å². The number of halogens is 1. The molecule has 1 unspecified atom stereocenters. The zero-order valence-corrected chi connectivity index (χ0v) is 8.75. The standard InChI is InChI=1S/C10H14ClNO2/c1-7(13)5-12-6-8-3-2-4-9(11)10(8)14/h2-4,7,12-14H,5-6H2,1H3. The van der Waals surface area contributed by atoms with E-state index < -0.39 is 6.10 Å². The molecule has 0 saturated carbocycles. The van der Waals surface area contributed by atoms with Gasteiger partial charge in [-0.15, -0.1) is 0 Å². The molecule has 1 rings (SSSR count). The average Bonchev–Trinajstić information content (AvgIpc) is 2.12. The van der Waals surface area contributed by atoms with Gasteiger partial charge in [0, 0.05) is 18.7 Å². The normalized spacial score (nSPS) is 12.8. The molecule has 0 heterocycles. The molecule has 0 fully saturated rings. The van der Waals surface area contributed by atoms with Crippen molar-refractivity contribution in [2.24, 2.45) is 0 Å². The predicted octanol–water partition coefficient (Wildman–Crippen LogP) is 1.52. The van der Waals surface area contributed by atoms with Crippen LogP contribution in [0.1, 0.15) is 12.5 Å². The van der Waals surface area contributed by atoms with Crippen molar-refractivity contribution in [1.29, 1.82) is 0 Å². The molecule has 14 heavy (non-hydrogen) atoms. The molecule has 78 valence electrons. The van der Waals surface area contributed by atoms with Crippen LogP contribution in [0, 0.1) is 0 Å². The molecule has 4 heteroatoms. The number of aliphatic hydroxyl groups excluding tert-OH is 1. The SMILES string of the molecule is CC(O)CNCc1cccc(Cl)c1O. The minimum absolute atomic E-state index is 0.104. The number of para-hydroxylation sites is 1. The maximum Gasteiger partial charge on any atom is 0.138 e. The van der Waals surface area contributed by atoms with Crippen molar-refractivity contribution in [2.45, 2.75) is 19.6 Å². The van der Waals surface area contributed by atoms with Crippen molar-refractivity contribution >= 4 is 11.6 Å². The van der Waals surface area contributed by atoms with Crippen LogP contribution in [0.5, 0.6) is 5.75 Å². The Morgan fingerprint density at radius 1 is 1.50 bits per heavy atom. The fourth-order valence-corrected chi connectivity index (χ4v) is 1.31. The van der Waals surface area contributed by atoms with E-state index >= 15 is 0 Å². The van der Waals surface area contributed by atoms with Crippen molar-refractivity contribution in [3.8, 4) is 5.75 Å². The second kappa shape index (κ2) is 5.20. The van der Waals surface area contributed by atoms with Gasteiger partial charge in [0.25, 0.3) is 0 Å². The molecule has 1 atom stereocenters. The molecule has 3 N–H and O–H groups in total. The van der Waals surface area contributed by atoms with Crippen LogP contribution in [0.4, 0.5) is 0 Å². The van der Waals surface area contributed by atoms with Gasteiger partial charge in [0.15, 0.2) is 0 Å². The Balaban J connectivity index is 2.54. The Kier molecular flexibility index (Phi) is 4.20. The smallest absolute Gasteiger partial charge is 0.138 e. The van der Waals surface area contributed by atoms with Crippen molar-refractivity contribution in [1.82, 2.24) is 5.32 Å². The zero-order chi connectivity index (χ0) is 10.6. The van der Waals surface area contributed by atoms with Crippen LogP contribution >= 0.6 is 11.6 Å². The third kappa shape index (κ3) is 3.18. The lowest BCUT2D eigenvalue weighted by Gasteiger charge is -2.08. The van der Waals surface area contributed by atoms with Gasteiger partial charge < -0.3 is 15.5 Å². The molecule has 0 aliphatic carbocycles. The van der Waals surface area contributed by atoms with E-state index in [1.807, 2.05) is 0 Å². The van der Waals surface area contributed by atoms with E-state index in [-0.39, 0.29) is 5.75 Å². The summed E-state index contributed by atoms with van der Waals surface area (Å²) in [6.07, 6.45) is -0.392. The summed E-state index contributed by atoms with van der Waals surface area (Å²) in [5.74, 6) is 0.104. The summed E-state index contributed by atoms with van der Waals surface area (Å²) in [4.78, 5) is 0. The van der Waals surface area contributed by atoms with E-state index in [1.165, 1.54) is 0 Å². The minimum Gasteiger partial charge on any atom is -0.506 e. The number of phenolic OH excluding ortho intramolecular Hbond substituents is 1. The van der Waals surface area contributed by atoms with E-state index in [0.29, 0.717) is 18.1 Å². The highest BCUT2D eigenvalue weighted by Crippen LogP contribution is 2.26. The minimum atomic E-state index is -0.392. The summed E-state index contributed by atoms with van der Waals surface area (Å²) in [6, 6.07) is 5.20. The quantitative estimate of drug-likeness (QED) is 0.714. The Bertz CT molecular complexity index is 302. The highest BCUT2D eigenvalue weighted by atomic mass is 35.5. The molecule has 0 saturated heterocycles. The summed E-state index contributed by atoms with van der Waals surface area (Å²) in [7, 11) is 0. The zero-order valence-electron chi connectivity index (χ0n) is 8.00. The highest BCUT2D eigenvalue weighted by Gasteiger charge is 2.04. The third-order valence-electron chi connectivity index (χ3n) is 1.83. The second-order valence-electron chi connectivity index (χ2n) is 3.23. The number of phenols is 1. The Labute approximate surface area is 88.3 Å². The maximum atomic E-state index is 9.53. The van der Waals surface area contributed by atoms with Gasteiger partial charge >= 0.3 is 0 Å². The highest BCUT2D eigenvalue weighted by molar-refractivity contribution is 6.32. The lowest BCUT2D eigenvalue weighted by atomic mass is 10.2. The van der Waals surface area contributed by atoms with Gasteiger partial charge in [0.2, 0.25) is 0 Å². The number of hydrogen-bond acceptors (Lipinski definition) is 3. The van der Waals surface area contributed by atoms with E-state index in [0.717, 1.165) is 5.56 Å². The molecular formula is C10H14ClNO2. The molecule has 0 radical (unpaired) electrons. The topological polar surface area (TPSA) is 52.5 Å². The molecule has 0 aromatic heterocycles. The molecule has 3 nitrogen and oxygen atoms in total. The average molecular weight is 216 g/mol. The Morgan fingerprint density at radius 2 is 2.21 bits per heavy atom. The molecule has 1 aromatic carbocycles. The largest absolute Gasteiger partial charge is 0.506 e. The number of rotatable bonds is 4. The first-order valence-electron chi connectivity index (χ1n) is 4.46. The van der Waals surface area contributed by atoms with Crippen LogP contribution in [0.15, 0.2) is 18.2 Å². The lowest BCUT2D eigenvalue weighted by molar-refractivity contribution is 0.191. The molecule has 1 aromatic rings. The first-order chi connectivity index (χ1) is 6.61. The molecule has 0 spiro atoms. The van der Waals surface area contributed by atoms with Crippen LogP contribution in [0.25, 0.3) is 0 Å².